The van der Waals surface area contributed by atoms with Crippen LogP contribution in [0.25, 0.3) is 0 Å². The van der Waals surface area contributed by atoms with Crippen molar-refractivity contribution in [3.63, 3.8) is 0 Å². The molecule has 0 bridgehead atoms. The number of aliphatic carboxylic acids is 1. The van der Waals surface area contributed by atoms with Crippen molar-refractivity contribution < 1.29 is 19.4 Å². The van der Waals surface area contributed by atoms with Crippen molar-refractivity contribution in [2.75, 3.05) is 23.9 Å². The van der Waals surface area contributed by atoms with Crippen molar-refractivity contribution in [2.45, 2.75) is 19.4 Å². The molecule has 116 valence electrons. The van der Waals surface area contributed by atoms with Gasteiger partial charge in [0.1, 0.15) is 5.75 Å². The zero-order valence-electron chi connectivity index (χ0n) is 12.1. The molecule has 0 aromatic heterocycles. The Morgan fingerprint density at radius 2 is 2.19 bits per heavy atom. The zero-order chi connectivity index (χ0) is 15.7. The summed E-state index contributed by atoms with van der Waals surface area (Å²) >= 11 is 1.68. The molecule has 0 aliphatic rings. The van der Waals surface area contributed by atoms with Gasteiger partial charge in [-0.1, -0.05) is 13.0 Å². The van der Waals surface area contributed by atoms with E-state index in [-0.39, 0.29) is 12.1 Å². The van der Waals surface area contributed by atoms with E-state index in [1.165, 1.54) is 0 Å². The summed E-state index contributed by atoms with van der Waals surface area (Å²) in [5.41, 5.74) is 0.550. The average molecular weight is 312 g/mol. The number of amides is 2. The molecule has 0 heterocycles. The third-order valence-corrected chi connectivity index (χ3v) is 3.39. The molecule has 0 saturated carbocycles. The van der Waals surface area contributed by atoms with Crippen LogP contribution in [0.15, 0.2) is 24.3 Å². The molecule has 0 aliphatic carbocycles. The van der Waals surface area contributed by atoms with Crippen LogP contribution in [0, 0.1) is 0 Å². The summed E-state index contributed by atoms with van der Waals surface area (Å²) in [6.07, 6.45) is 2.85. The molecule has 6 nitrogen and oxygen atoms in total. The van der Waals surface area contributed by atoms with Gasteiger partial charge in [-0.2, -0.15) is 11.8 Å². The first kappa shape index (κ1) is 17.2. The monoisotopic (exact) mass is 312 g/mol. The Morgan fingerprint density at radius 3 is 2.81 bits per heavy atom. The number of hydrogen-bond acceptors (Lipinski definition) is 4. The minimum absolute atomic E-state index is 0.117. The van der Waals surface area contributed by atoms with E-state index in [4.69, 9.17) is 9.84 Å². The highest BCUT2D eigenvalue weighted by Gasteiger charge is 2.10. The Kier molecular flexibility index (Phi) is 7.45. The Labute approximate surface area is 128 Å². The second-order valence-electron chi connectivity index (χ2n) is 4.37. The Hall–Kier alpha value is -1.89. The highest BCUT2D eigenvalue weighted by Crippen LogP contribution is 2.17. The molecule has 1 rings (SSSR count). The third-order valence-electron chi connectivity index (χ3n) is 2.65. The molecule has 1 aromatic rings. The molecular weight excluding hydrogens is 292 g/mol. The molecule has 0 aliphatic heterocycles. The first-order valence-electron chi connectivity index (χ1n) is 6.56. The molecule has 2 amide bonds. The van der Waals surface area contributed by atoms with Gasteiger partial charge in [-0.15, -0.1) is 0 Å². The van der Waals surface area contributed by atoms with E-state index >= 15 is 0 Å². The Balaban J connectivity index is 2.55. The summed E-state index contributed by atoms with van der Waals surface area (Å²) in [4.78, 5) is 22.3. The predicted molar refractivity (Wildman–Crippen MR) is 84.2 cm³/mol. The number of carboxylic acid groups (broad SMARTS) is 1. The van der Waals surface area contributed by atoms with Crippen molar-refractivity contribution in [2.24, 2.45) is 0 Å². The maximum atomic E-state index is 11.9. The molecule has 7 heteroatoms. The summed E-state index contributed by atoms with van der Waals surface area (Å²) in [5, 5.41) is 14.1. The third kappa shape index (κ3) is 6.89. The van der Waals surface area contributed by atoms with E-state index in [1.807, 2.05) is 13.2 Å². The van der Waals surface area contributed by atoms with Gasteiger partial charge in [-0.3, -0.25) is 0 Å². The highest BCUT2D eigenvalue weighted by atomic mass is 32.2. The fraction of sp³-hybridized carbons (Fsp3) is 0.429. The average Bonchev–Trinajstić information content (AvgIpc) is 2.45. The smallest absolute Gasteiger partial charge is 0.341 e. The van der Waals surface area contributed by atoms with E-state index in [1.54, 1.807) is 36.0 Å². The van der Waals surface area contributed by atoms with E-state index in [0.717, 1.165) is 12.2 Å². The fourth-order valence-electron chi connectivity index (χ4n) is 1.62. The molecule has 0 radical (unpaired) electrons. The van der Waals surface area contributed by atoms with Gasteiger partial charge in [0, 0.05) is 23.5 Å². The van der Waals surface area contributed by atoms with Crippen LogP contribution in [-0.2, 0) is 4.79 Å². The van der Waals surface area contributed by atoms with E-state index < -0.39 is 12.6 Å². The minimum Gasteiger partial charge on any atom is -0.482 e. The van der Waals surface area contributed by atoms with Gasteiger partial charge >= 0.3 is 12.0 Å². The van der Waals surface area contributed by atoms with Gasteiger partial charge in [0.15, 0.2) is 6.61 Å². The van der Waals surface area contributed by atoms with Crippen LogP contribution in [0.3, 0.4) is 0 Å². The van der Waals surface area contributed by atoms with Crippen LogP contribution in [0.2, 0.25) is 0 Å². The molecule has 3 N–H and O–H groups in total. The minimum atomic E-state index is -1.05. The lowest BCUT2D eigenvalue weighted by atomic mass is 10.2. The number of ether oxygens (including phenoxy) is 1. The maximum Gasteiger partial charge on any atom is 0.341 e. The summed E-state index contributed by atoms with van der Waals surface area (Å²) in [5.74, 6) is 0.200. The van der Waals surface area contributed by atoms with Gasteiger partial charge in [-0.25, -0.2) is 9.59 Å². The van der Waals surface area contributed by atoms with Crippen molar-refractivity contribution >= 4 is 29.4 Å². The lowest BCUT2D eigenvalue weighted by Crippen LogP contribution is -2.39. The van der Waals surface area contributed by atoms with Gasteiger partial charge in [-0.05, 0) is 24.8 Å². The molecule has 1 atom stereocenters. The second kappa shape index (κ2) is 9.12. The molecule has 0 spiro atoms. The van der Waals surface area contributed by atoms with Crippen molar-refractivity contribution in [3.05, 3.63) is 24.3 Å². The predicted octanol–water partition coefficient (Wildman–Crippen LogP) is 2.41. The van der Waals surface area contributed by atoms with E-state index in [2.05, 4.69) is 10.6 Å². The van der Waals surface area contributed by atoms with E-state index in [9.17, 15) is 9.59 Å². The second-order valence-corrected chi connectivity index (χ2v) is 5.28. The molecule has 1 unspecified atom stereocenters. The quantitative estimate of drug-likeness (QED) is 0.686. The number of urea groups is 1. The summed E-state index contributed by atoms with van der Waals surface area (Å²) in [6, 6.07) is 6.44. The normalized spacial score (nSPS) is 11.5. The van der Waals surface area contributed by atoms with Gasteiger partial charge < -0.3 is 20.5 Å². The van der Waals surface area contributed by atoms with Crippen LogP contribution in [-0.4, -0.2) is 41.8 Å². The Morgan fingerprint density at radius 1 is 1.43 bits per heavy atom. The Bertz CT molecular complexity index is 482. The summed E-state index contributed by atoms with van der Waals surface area (Å²) in [7, 11) is 0. The fourth-order valence-corrected chi connectivity index (χ4v) is 2.35. The first-order chi connectivity index (χ1) is 10.0. The molecular formula is C14H20N2O4S. The van der Waals surface area contributed by atoms with Gasteiger partial charge in [0.25, 0.3) is 0 Å². The van der Waals surface area contributed by atoms with Gasteiger partial charge in [0.2, 0.25) is 0 Å². The van der Waals surface area contributed by atoms with Crippen molar-refractivity contribution in [3.8, 4) is 5.75 Å². The molecule has 0 saturated heterocycles. The number of carboxylic acids is 1. The van der Waals surface area contributed by atoms with Crippen LogP contribution in [0.1, 0.15) is 13.3 Å². The van der Waals surface area contributed by atoms with Crippen LogP contribution >= 0.6 is 11.8 Å². The molecule has 21 heavy (non-hydrogen) atoms. The highest BCUT2D eigenvalue weighted by molar-refractivity contribution is 7.98. The van der Waals surface area contributed by atoms with Crippen LogP contribution < -0.4 is 15.4 Å². The van der Waals surface area contributed by atoms with Crippen molar-refractivity contribution in [1.82, 2.24) is 5.32 Å². The summed E-state index contributed by atoms with van der Waals surface area (Å²) < 4.78 is 5.06. The van der Waals surface area contributed by atoms with Gasteiger partial charge in [0.05, 0.1) is 0 Å². The lowest BCUT2D eigenvalue weighted by Gasteiger charge is -2.16. The topological polar surface area (TPSA) is 87.7 Å². The largest absolute Gasteiger partial charge is 0.482 e. The number of nitrogens with one attached hydrogen (secondary N) is 2. The van der Waals surface area contributed by atoms with Crippen molar-refractivity contribution in [1.29, 1.82) is 0 Å². The number of thioether (sulfide) groups is 1. The number of hydrogen-bond donors (Lipinski definition) is 3. The first-order valence-corrected chi connectivity index (χ1v) is 7.95. The number of benzene rings is 1. The number of carbonyl (C=O) groups excluding carboxylic acids is 1. The molecule has 1 aromatic carbocycles. The van der Waals surface area contributed by atoms with E-state index in [0.29, 0.717) is 11.4 Å². The number of carbonyl (C=O) groups is 2. The SMILES string of the molecule is CCC(CSC)NC(=O)Nc1cccc(OCC(=O)O)c1. The number of anilines is 1. The number of rotatable bonds is 8. The van der Waals surface area contributed by atoms with Crippen LogP contribution in [0.4, 0.5) is 10.5 Å². The molecule has 0 fully saturated rings. The van der Waals surface area contributed by atoms with Crippen LogP contribution in [0.5, 0.6) is 5.75 Å². The lowest BCUT2D eigenvalue weighted by molar-refractivity contribution is -0.139. The standard InChI is InChI=1S/C14H20N2O4S/c1-3-10(9-21-2)15-14(19)16-11-5-4-6-12(7-11)20-8-13(17)18/h4-7,10H,3,8-9H2,1-2H3,(H,17,18)(H2,15,16,19). The zero-order valence-corrected chi connectivity index (χ0v) is 12.9. The summed E-state index contributed by atoms with van der Waals surface area (Å²) in [6.45, 7) is 1.60. The maximum absolute atomic E-state index is 11.9.